The summed E-state index contributed by atoms with van der Waals surface area (Å²) >= 11 is 0. The van der Waals surface area contributed by atoms with Gasteiger partial charge >= 0.3 is 12.6 Å². The zero-order valence-electron chi connectivity index (χ0n) is 15.7. The van der Waals surface area contributed by atoms with E-state index in [1.54, 1.807) is 0 Å². The molecule has 1 fully saturated rings. The zero-order chi connectivity index (χ0) is 23.2. The SMILES string of the molecule is C.C.CCC(F)(F)F.CNC1CCC(NC)CC1.FC(F)(F)F.FCF.FCOF. The first kappa shape index (κ1) is 43.1. The summed E-state index contributed by atoms with van der Waals surface area (Å²) in [6, 6.07) is 1.56. The molecule has 0 spiro atoms. The molecule has 0 aromatic heterocycles. The molecule has 30 heavy (non-hydrogen) atoms. The lowest BCUT2D eigenvalue weighted by molar-refractivity contribution is -0.237. The van der Waals surface area contributed by atoms with Gasteiger partial charge in [0.2, 0.25) is 13.8 Å². The average Bonchev–Trinajstić information content (AvgIpc) is 2.61. The molecule has 0 atom stereocenters. The van der Waals surface area contributed by atoms with Crippen molar-refractivity contribution < 1.29 is 53.4 Å². The van der Waals surface area contributed by atoms with Gasteiger partial charge < -0.3 is 10.6 Å². The number of hydrogen-bond acceptors (Lipinski definition) is 3. The van der Waals surface area contributed by atoms with Crippen LogP contribution in [-0.2, 0) is 4.94 Å². The molecule has 0 aromatic rings. The first-order valence-corrected chi connectivity index (χ1v) is 7.84. The van der Waals surface area contributed by atoms with Gasteiger partial charge in [-0.2, -0.15) is 18.1 Å². The second-order valence-corrected chi connectivity index (χ2v) is 4.84. The molecule has 1 rings (SSSR count). The van der Waals surface area contributed by atoms with E-state index in [4.69, 9.17) is 0 Å². The highest BCUT2D eigenvalue weighted by Crippen LogP contribution is 2.18. The number of halogens is 11. The molecular weight excluding hydrogens is 445 g/mol. The van der Waals surface area contributed by atoms with Gasteiger partial charge in [0.1, 0.15) is 0 Å². The average molecular weight is 480 g/mol. The minimum atomic E-state index is -5.50. The Kier molecular flexibility index (Phi) is 40.4. The molecule has 1 saturated carbocycles. The second-order valence-electron chi connectivity index (χ2n) is 4.84. The predicted molar refractivity (Wildman–Crippen MR) is 96.4 cm³/mol. The topological polar surface area (TPSA) is 33.3 Å². The Bertz CT molecular complexity index is 265. The van der Waals surface area contributed by atoms with E-state index in [2.05, 4.69) is 29.7 Å². The van der Waals surface area contributed by atoms with Crippen molar-refractivity contribution in [2.75, 3.05) is 27.9 Å². The van der Waals surface area contributed by atoms with Crippen LogP contribution in [-0.4, -0.2) is 52.6 Å². The fraction of sp³-hybridized carbons (Fsp3) is 1.00. The Morgan fingerprint density at radius 3 is 1.00 bits per heavy atom. The molecule has 14 heteroatoms. The fourth-order valence-corrected chi connectivity index (χ4v) is 1.67. The van der Waals surface area contributed by atoms with E-state index >= 15 is 0 Å². The Morgan fingerprint density at radius 2 is 0.933 bits per heavy atom. The van der Waals surface area contributed by atoms with Gasteiger partial charge in [-0.3, -0.25) is 0 Å². The molecule has 0 aromatic carbocycles. The summed E-state index contributed by atoms with van der Waals surface area (Å²) in [4.78, 5) is 2.38. The van der Waals surface area contributed by atoms with Gasteiger partial charge in [0.15, 0.2) is 0 Å². The summed E-state index contributed by atoms with van der Waals surface area (Å²) < 4.78 is 110. The molecule has 0 bridgehead atoms. The van der Waals surface area contributed by atoms with Crippen LogP contribution in [0.25, 0.3) is 0 Å². The number of rotatable bonds is 3. The molecule has 0 amide bonds. The Balaban J connectivity index is -0.0000000635. The molecule has 0 radical (unpaired) electrons. The van der Waals surface area contributed by atoms with Crippen molar-refractivity contribution >= 4 is 0 Å². The lowest BCUT2D eigenvalue weighted by Gasteiger charge is -2.27. The van der Waals surface area contributed by atoms with Crippen molar-refractivity contribution in [2.45, 2.75) is 78.6 Å². The third-order valence-electron chi connectivity index (χ3n) is 2.99. The van der Waals surface area contributed by atoms with E-state index in [1.165, 1.54) is 25.7 Å². The molecule has 0 unspecified atom stereocenters. The third-order valence-corrected chi connectivity index (χ3v) is 2.99. The van der Waals surface area contributed by atoms with E-state index in [0.717, 1.165) is 19.0 Å². The second kappa shape index (κ2) is 28.1. The maximum atomic E-state index is 10.8. The molecule has 192 valence electrons. The Morgan fingerprint density at radius 1 is 0.767 bits per heavy atom. The first-order valence-electron chi connectivity index (χ1n) is 7.84. The van der Waals surface area contributed by atoms with Crippen LogP contribution in [0.3, 0.4) is 0 Å². The minimum absolute atomic E-state index is 0. The van der Waals surface area contributed by atoms with Gasteiger partial charge in [0.05, 0.1) is 0 Å². The molecule has 1 aliphatic carbocycles. The standard InChI is InChI=1S/C8H18N2.C3H5F3.CF4.CH2F2O.CH2F2.2CH4/c1-9-7-3-5-8(10-2)6-4-7;1-2-3(4,5)6;2-1(3,4)5;2-1-4-3;2-1-3;;/h7-10H,3-6H2,1-2H3;2H2,1H3;;1H2;1H2;2*1H4. The van der Waals surface area contributed by atoms with Gasteiger partial charge in [-0.05, 0) is 44.3 Å². The molecule has 2 N–H and O–H groups in total. The largest absolute Gasteiger partial charge is 0.559 e. The maximum absolute atomic E-state index is 10.8. The van der Waals surface area contributed by atoms with E-state index in [9.17, 15) is 48.4 Å². The van der Waals surface area contributed by atoms with Crippen molar-refractivity contribution in [3.8, 4) is 0 Å². The number of alkyl halides is 10. The molecule has 0 heterocycles. The lowest BCUT2D eigenvalue weighted by atomic mass is 9.91. The predicted octanol–water partition coefficient (Wildman–Crippen LogP) is 7.14. The molecule has 3 nitrogen and oxygen atoms in total. The normalized spacial score (nSPS) is 17.4. The van der Waals surface area contributed by atoms with Gasteiger partial charge in [-0.1, -0.05) is 21.8 Å². The lowest BCUT2D eigenvalue weighted by Crippen LogP contribution is -2.37. The summed E-state index contributed by atoms with van der Waals surface area (Å²) in [5.41, 5.74) is 0. The van der Waals surface area contributed by atoms with E-state index < -0.39 is 32.8 Å². The Hall–Kier alpha value is -0.890. The van der Waals surface area contributed by atoms with Crippen molar-refractivity contribution in [1.82, 2.24) is 10.6 Å². The van der Waals surface area contributed by atoms with Gasteiger partial charge in [0, 0.05) is 18.5 Å². The highest BCUT2D eigenvalue weighted by atomic mass is 19.5. The monoisotopic (exact) mass is 480 g/mol. The van der Waals surface area contributed by atoms with Crippen LogP contribution in [0.5, 0.6) is 0 Å². The number of hydrogen-bond donors (Lipinski definition) is 2. The van der Waals surface area contributed by atoms with Crippen LogP contribution in [0.2, 0.25) is 0 Å². The van der Waals surface area contributed by atoms with Crippen molar-refractivity contribution in [3.63, 3.8) is 0 Å². The fourth-order valence-electron chi connectivity index (χ4n) is 1.67. The highest BCUT2D eigenvalue weighted by Gasteiger charge is 2.24. The van der Waals surface area contributed by atoms with Crippen LogP contribution in [0.4, 0.5) is 48.4 Å². The summed E-state index contributed by atoms with van der Waals surface area (Å²) in [5.74, 6) is 0. The minimum Gasteiger partial charge on any atom is -0.317 e. The summed E-state index contributed by atoms with van der Waals surface area (Å²) in [5, 5.41) is 6.64. The van der Waals surface area contributed by atoms with E-state index in [1.807, 2.05) is 0 Å². The van der Waals surface area contributed by atoms with Crippen molar-refractivity contribution in [2.24, 2.45) is 0 Å². The van der Waals surface area contributed by atoms with Crippen LogP contribution in [0, 0.1) is 0 Å². The van der Waals surface area contributed by atoms with Crippen LogP contribution in [0.15, 0.2) is 0 Å². The quantitative estimate of drug-likeness (QED) is 0.421. The van der Waals surface area contributed by atoms with Crippen molar-refractivity contribution in [1.29, 1.82) is 0 Å². The highest BCUT2D eigenvalue weighted by molar-refractivity contribution is 4.78. The summed E-state index contributed by atoms with van der Waals surface area (Å²) in [6.45, 7) is -2.01. The number of nitrogens with one attached hydrogen (secondary N) is 2. The van der Waals surface area contributed by atoms with Gasteiger partial charge in [-0.25, -0.2) is 13.2 Å². The van der Waals surface area contributed by atoms with E-state index in [-0.39, 0.29) is 14.9 Å². The molecule has 0 saturated heterocycles. The molecule has 0 aliphatic heterocycles. The van der Waals surface area contributed by atoms with Gasteiger partial charge in [0.25, 0.3) is 0 Å². The van der Waals surface area contributed by atoms with Crippen LogP contribution in [0.1, 0.15) is 53.9 Å². The smallest absolute Gasteiger partial charge is 0.317 e. The Labute approximate surface area is 171 Å². The van der Waals surface area contributed by atoms with Crippen molar-refractivity contribution in [3.05, 3.63) is 0 Å². The third kappa shape index (κ3) is 63.1. The van der Waals surface area contributed by atoms with Crippen LogP contribution < -0.4 is 10.6 Å². The molecule has 1 aliphatic rings. The maximum Gasteiger partial charge on any atom is 0.559 e. The van der Waals surface area contributed by atoms with Gasteiger partial charge in [-0.15, -0.1) is 17.6 Å². The first-order chi connectivity index (χ1) is 12.8. The van der Waals surface area contributed by atoms with E-state index in [0.29, 0.717) is 0 Å². The summed E-state index contributed by atoms with van der Waals surface area (Å²) in [7, 11) is 4.12. The zero-order valence-corrected chi connectivity index (χ0v) is 15.7. The summed E-state index contributed by atoms with van der Waals surface area (Å²) in [6.07, 6.45) is -4.85. The van der Waals surface area contributed by atoms with Crippen LogP contribution >= 0.6 is 0 Å². The molecular formula is C16H35F11N2O.